The molecule has 0 radical (unpaired) electrons. The molecule has 1 aliphatic rings. The molecule has 6 heteroatoms. The van der Waals surface area contributed by atoms with Crippen LogP contribution in [0.1, 0.15) is 45.8 Å². The van der Waals surface area contributed by atoms with Crippen LogP contribution in [0.25, 0.3) is 11.1 Å². The molecule has 0 bridgehead atoms. The number of nitrogens with zero attached hydrogens (tertiary/aromatic N) is 1. The Kier molecular flexibility index (Phi) is 5.65. The summed E-state index contributed by atoms with van der Waals surface area (Å²) in [7, 11) is 0. The molecule has 0 fully saturated rings. The average Bonchev–Trinajstić information content (AvgIpc) is 2.58. The molecule has 3 rings (SSSR count). The molecule has 144 valence electrons. The molecule has 1 aromatic heterocycles. The summed E-state index contributed by atoms with van der Waals surface area (Å²) in [5.41, 5.74) is 8.95. The van der Waals surface area contributed by atoms with Crippen LogP contribution in [0.2, 0.25) is 0 Å². The van der Waals surface area contributed by atoms with Gasteiger partial charge in [0.1, 0.15) is 30.0 Å². The first-order valence-corrected chi connectivity index (χ1v) is 9.31. The maximum absolute atomic E-state index is 11.5. The Morgan fingerprint density at radius 1 is 1.33 bits per heavy atom. The number of ether oxygens (including phenoxy) is 2. The molecular formula is C21H27N3O3. The zero-order valence-electron chi connectivity index (χ0n) is 16.3. The van der Waals surface area contributed by atoms with Crippen LogP contribution < -0.4 is 20.5 Å². The minimum Gasteiger partial charge on any atom is -0.492 e. The van der Waals surface area contributed by atoms with Crippen molar-refractivity contribution in [2.24, 2.45) is 11.7 Å². The van der Waals surface area contributed by atoms with Crippen LogP contribution in [-0.4, -0.2) is 23.5 Å². The van der Waals surface area contributed by atoms with Gasteiger partial charge < -0.3 is 20.5 Å². The number of rotatable bonds is 6. The van der Waals surface area contributed by atoms with Crippen LogP contribution in [-0.2, 0) is 4.79 Å². The summed E-state index contributed by atoms with van der Waals surface area (Å²) in [5, 5.41) is 2.79. The third kappa shape index (κ3) is 4.39. The Labute approximate surface area is 160 Å². The molecule has 27 heavy (non-hydrogen) atoms. The predicted molar refractivity (Wildman–Crippen MR) is 106 cm³/mol. The molecule has 2 atom stereocenters. The van der Waals surface area contributed by atoms with E-state index in [9.17, 15) is 4.79 Å². The summed E-state index contributed by atoms with van der Waals surface area (Å²) >= 11 is 0. The van der Waals surface area contributed by atoms with Crippen molar-refractivity contribution in [3.8, 4) is 22.6 Å². The van der Waals surface area contributed by atoms with E-state index in [1.165, 1.54) is 6.92 Å². The lowest BCUT2D eigenvalue weighted by Crippen LogP contribution is -2.29. The third-order valence-electron chi connectivity index (χ3n) is 4.48. The molecule has 1 aliphatic heterocycles. The highest BCUT2D eigenvalue weighted by atomic mass is 16.5. The number of anilines is 1. The Balaban J connectivity index is 1.85. The number of aromatic nitrogens is 1. The van der Waals surface area contributed by atoms with Crippen LogP contribution in [0.5, 0.6) is 11.5 Å². The number of hydrogen-bond acceptors (Lipinski definition) is 5. The van der Waals surface area contributed by atoms with E-state index in [2.05, 4.69) is 24.1 Å². The van der Waals surface area contributed by atoms with Crippen molar-refractivity contribution >= 4 is 11.7 Å². The van der Waals surface area contributed by atoms with E-state index in [-0.39, 0.29) is 18.1 Å². The van der Waals surface area contributed by atoms with Gasteiger partial charge in [-0.3, -0.25) is 4.79 Å². The minimum absolute atomic E-state index is 0.00730. The number of carbonyl (C=O) groups excluding carboxylic acids is 1. The van der Waals surface area contributed by atoms with Crippen molar-refractivity contribution in [3.63, 3.8) is 0 Å². The first kappa shape index (κ1) is 19.2. The average molecular weight is 369 g/mol. The van der Waals surface area contributed by atoms with Crippen molar-refractivity contribution in [2.45, 2.75) is 46.3 Å². The van der Waals surface area contributed by atoms with E-state index < -0.39 is 0 Å². The number of hydrogen-bond donors (Lipinski definition) is 2. The van der Waals surface area contributed by atoms with Crippen LogP contribution in [0.3, 0.4) is 0 Å². The zero-order chi connectivity index (χ0) is 19.6. The smallest absolute Gasteiger partial charge is 0.222 e. The molecule has 0 saturated heterocycles. The Morgan fingerprint density at radius 2 is 2.11 bits per heavy atom. The molecule has 0 aliphatic carbocycles. The molecule has 6 nitrogen and oxygen atoms in total. The van der Waals surface area contributed by atoms with Gasteiger partial charge in [0.25, 0.3) is 0 Å². The normalized spacial score (nSPS) is 16.1. The lowest BCUT2D eigenvalue weighted by atomic mass is 9.94. The summed E-state index contributed by atoms with van der Waals surface area (Å²) in [6.45, 7) is 8.18. The topological polar surface area (TPSA) is 86.5 Å². The van der Waals surface area contributed by atoms with Gasteiger partial charge in [0.05, 0.1) is 0 Å². The van der Waals surface area contributed by atoms with Gasteiger partial charge in [0.15, 0.2) is 0 Å². The monoisotopic (exact) mass is 369 g/mol. The third-order valence-corrected chi connectivity index (χ3v) is 4.48. The second-order valence-electron chi connectivity index (χ2n) is 7.42. The van der Waals surface area contributed by atoms with E-state index >= 15 is 0 Å². The molecule has 0 saturated carbocycles. The standard InChI is InChI=1S/C21H27N3O3/c1-12(2)9-15(22)11-26-16-5-6-17-18-7-8-23-21(24-14(4)25)20(18)13(3)27-19(17)10-16/h5-8,10,12-13,15H,9,11,22H2,1-4H3,(H,23,24,25)/t13?,15-/m0/s1. The zero-order valence-corrected chi connectivity index (χ0v) is 16.3. The molecule has 0 spiro atoms. The quantitative estimate of drug-likeness (QED) is 0.806. The maximum Gasteiger partial charge on any atom is 0.222 e. The summed E-state index contributed by atoms with van der Waals surface area (Å²) in [5.74, 6) is 2.41. The summed E-state index contributed by atoms with van der Waals surface area (Å²) in [6, 6.07) is 7.74. The van der Waals surface area contributed by atoms with Crippen LogP contribution >= 0.6 is 0 Å². The van der Waals surface area contributed by atoms with Gasteiger partial charge in [-0.2, -0.15) is 0 Å². The fourth-order valence-electron chi connectivity index (χ4n) is 3.42. The summed E-state index contributed by atoms with van der Waals surface area (Å²) < 4.78 is 11.9. The van der Waals surface area contributed by atoms with Gasteiger partial charge in [-0.05, 0) is 43.0 Å². The van der Waals surface area contributed by atoms with Crippen molar-refractivity contribution < 1.29 is 14.3 Å². The van der Waals surface area contributed by atoms with E-state index in [1.807, 2.05) is 31.2 Å². The fraction of sp³-hybridized carbons (Fsp3) is 0.429. The van der Waals surface area contributed by atoms with Gasteiger partial charge in [-0.15, -0.1) is 0 Å². The second kappa shape index (κ2) is 7.96. The predicted octanol–water partition coefficient (Wildman–Crippen LogP) is 3.91. The number of fused-ring (bicyclic) bond motifs is 3. The Hall–Kier alpha value is -2.60. The molecule has 2 aromatic rings. The molecular weight excluding hydrogens is 342 g/mol. The van der Waals surface area contributed by atoms with Gasteiger partial charge >= 0.3 is 0 Å². The molecule has 3 N–H and O–H groups in total. The Morgan fingerprint density at radius 3 is 2.81 bits per heavy atom. The fourth-order valence-corrected chi connectivity index (χ4v) is 3.42. The van der Waals surface area contributed by atoms with Crippen molar-refractivity contribution in [2.75, 3.05) is 11.9 Å². The molecule has 1 aromatic carbocycles. The highest BCUT2D eigenvalue weighted by molar-refractivity contribution is 5.91. The van der Waals surface area contributed by atoms with Gasteiger partial charge in [0, 0.05) is 36.4 Å². The largest absolute Gasteiger partial charge is 0.492 e. The number of nitrogens with two attached hydrogens (primary N) is 1. The summed E-state index contributed by atoms with van der Waals surface area (Å²) in [6.07, 6.45) is 2.38. The van der Waals surface area contributed by atoms with E-state index in [0.29, 0.717) is 18.3 Å². The van der Waals surface area contributed by atoms with Gasteiger partial charge in [-0.25, -0.2) is 4.98 Å². The molecule has 1 amide bonds. The van der Waals surface area contributed by atoms with Gasteiger partial charge in [-0.1, -0.05) is 13.8 Å². The summed E-state index contributed by atoms with van der Waals surface area (Å²) in [4.78, 5) is 15.8. The number of pyridine rings is 1. The lowest BCUT2D eigenvalue weighted by Gasteiger charge is -2.28. The first-order valence-electron chi connectivity index (χ1n) is 9.31. The Bertz CT molecular complexity index is 835. The second-order valence-corrected chi connectivity index (χ2v) is 7.42. The van der Waals surface area contributed by atoms with E-state index in [1.54, 1.807) is 6.20 Å². The molecule has 1 unspecified atom stereocenters. The van der Waals surface area contributed by atoms with Crippen LogP contribution in [0.15, 0.2) is 30.5 Å². The SMILES string of the molecule is CC(=O)Nc1nccc2c1C(C)Oc1cc(OC[C@@H](N)CC(C)C)ccc1-2. The number of benzene rings is 1. The van der Waals surface area contributed by atoms with Crippen molar-refractivity contribution in [3.05, 3.63) is 36.0 Å². The van der Waals surface area contributed by atoms with E-state index in [4.69, 9.17) is 15.2 Å². The lowest BCUT2D eigenvalue weighted by molar-refractivity contribution is -0.114. The highest BCUT2D eigenvalue weighted by Crippen LogP contribution is 2.45. The minimum atomic E-state index is -0.235. The molecule has 2 heterocycles. The van der Waals surface area contributed by atoms with Crippen molar-refractivity contribution in [1.29, 1.82) is 0 Å². The first-order chi connectivity index (χ1) is 12.8. The maximum atomic E-state index is 11.5. The van der Waals surface area contributed by atoms with Crippen molar-refractivity contribution in [1.82, 2.24) is 4.98 Å². The van der Waals surface area contributed by atoms with E-state index in [0.717, 1.165) is 34.6 Å². The number of amides is 1. The van der Waals surface area contributed by atoms with Gasteiger partial charge in [0.2, 0.25) is 5.91 Å². The number of nitrogens with one attached hydrogen (secondary N) is 1. The number of carbonyl (C=O) groups is 1. The highest BCUT2D eigenvalue weighted by Gasteiger charge is 2.27. The van der Waals surface area contributed by atoms with Crippen LogP contribution in [0.4, 0.5) is 5.82 Å². The van der Waals surface area contributed by atoms with Crippen LogP contribution in [0, 0.1) is 5.92 Å².